The molecule has 0 aliphatic rings. The molecule has 9 nitrogen and oxygen atoms in total. The molecule has 9 heteroatoms. The van der Waals surface area contributed by atoms with Crippen molar-refractivity contribution in [2.75, 3.05) is 20.3 Å². The first kappa shape index (κ1) is 26.1. The quantitative estimate of drug-likeness (QED) is 0.379. The van der Waals surface area contributed by atoms with E-state index in [-0.39, 0.29) is 19.1 Å². The number of hydrogen-bond donors (Lipinski definition) is 2. The number of carbonyl (C=O) groups is 4. The smallest absolute Gasteiger partial charge is 0.408 e. The van der Waals surface area contributed by atoms with E-state index in [0.717, 1.165) is 12.7 Å². The van der Waals surface area contributed by atoms with E-state index < -0.39 is 41.8 Å². The number of methoxy groups -OCH3 is 1. The normalized spacial score (nSPS) is 12.7. The van der Waals surface area contributed by atoms with Crippen molar-refractivity contribution in [2.24, 2.45) is 11.8 Å². The molecule has 0 aliphatic heterocycles. The van der Waals surface area contributed by atoms with Gasteiger partial charge in [-0.05, 0) is 11.5 Å². The summed E-state index contributed by atoms with van der Waals surface area (Å²) in [6.45, 7) is 7.30. The summed E-state index contributed by atoms with van der Waals surface area (Å²) in [6.07, 6.45) is -0.832. The summed E-state index contributed by atoms with van der Waals surface area (Å²) in [7, 11) is 1.12. The van der Waals surface area contributed by atoms with E-state index in [1.54, 1.807) is 26.0 Å². The zero-order valence-electron chi connectivity index (χ0n) is 18.7. The molecule has 2 atom stereocenters. The van der Waals surface area contributed by atoms with Crippen LogP contribution in [0.25, 0.3) is 0 Å². The molecule has 0 spiro atoms. The molecule has 0 aliphatic carbocycles. The summed E-state index contributed by atoms with van der Waals surface area (Å²) in [5.41, 5.74) is 0.781. The Labute approximate surface area is 182 Å². The van der Waals surface area contributed by atoms with Gasteiger partial charge in [0.05, 0.1) is 13.7 Å². The number of nitrogens with one attached hydrogen (secondary N) is 2. The van der Waals surface area contributed by atoms with E-state index in [1.807, 2.05) is 32.0 Å². The van der Waals surface area contributed by atoms with Gasteiger partial charge in [0.1, 0.15) is 12.6 Å². The van der Waals surface area contributed by atoms with Crippen molar-refractivity contribution in [3.8, 4) is 0 Å². The second-order valence-corrected chi connectivity index (χ2v) is 7.71. The van der Waals surface area contributed by atoms with Crippen molar-refractivity contribution < 1.29 is 33.4 Å². The number of alkyl carbamates (subject to hydrolysis) is 1. The molecular formula is C22H32N2O7. The first-order chi connectivity index (χ1) is 14.6. The highest BCUT2D eigenvalue weighted by Gasteiger charge is 2.33. The molecule has 0 fully saturated rings. The molecular weight excluding hydrogens is 404 g/mol. The standard InChI is InChI=1S/C22H32N2O7/c1-14(2)11-30-13-17(23-22(28)31-12-16-9-7-6-8-10-16)20(26)24-18(21(27)29-5)19(25)15(3)4/h6-10,14-15,17-18H,11-13H2,1-5H3,(H,23,28)(H,24,26)/t17-,18?/m0/s1. The molecule has 0 saturated heterocycles. The summed E-state index contributed by atoms with van der Waals surface area (Å²) in [5.74, 6) is -2.46. The lowest BCUT2D eigenvalue weighted by atomic mass is 10.0. The maximum absolute atomic E-state index is 12.8. The van der Waals surface area contributed by atoms with Gasteiger partial charge in [-0.2, -0.15) is 0 Å². The Morgan fingerprint density at radius 2 is 1.58 bits per heavy atom. The number of Topliss-reactive ketones (excluding diaryl/α,β-unsaturated/α-hetero) is 1. The van der Waals surface area contributed by atoms with Crippen LogP contribution >= 0.6 is 0 Å². The molecule has 2 amide bonds. The molecule has 172 valence electrons. The minimum atomic E-state index is -1.48. The largest absolute Gasteiger partial charge is 0.467 e. The maximum atomic E-state index is 12.8. The van der Waals surface area contributed by atoms with Gasteiger partial charge in [0.2, 0.25) is 5.91 Å². The minimum Gasteiger partial charge on any atom is -0.467 e. The van der Waals surface area contributed by atoms with E-state index in [9.17, 15) is 19.2 Å². The summed E-state index contributed by atoms with van der Waals surface area (Å²) >= 11 is 0. The summed E-state index contributed by atoms with van der Waals surface area (Å²) < 4.78 is 15.3. The molecule has 1 aromatic carbocycles. The molecule has 0 heterocycles. The Hall–Kier alpha value is -2.94. The molecule has 31 heavy (non-hydrogen) atoms. The van der Waals surface area contributed by atoms with Crippen LogP contribution in [-0.2, 0) is 35.2 Å². The van der Waals surface area contributed by atoms with Crippen LogP contribution in [-0.4, -0.2) is 56.2 Å². The Morgan fingerprint density at radius 1 is 0.935 bits per heavy atom. The van der Waals surface area contributed by atoms with Gasteiger partial charge >= 0.3 is 12.1 Å². The van der Waals surface area contributed by atoms with Crippen LogP contribution in [0.1, 0.15) is 33.3 Å². The number of carbonyl (C=O) groups excluding carboxylic acids is 4. The molecule has 0 saturated carbocycles. The highest BCUT2D eigenvalue weighted by atomic mass is 16.5. The van der Waals surface area contributed by atoms with Crippen molar-refractivity contribution in [3.05, 3.63) is 35.9 Å². The van der Waals surface area contributed by atoms with Gasteiger partial charge in [-0.15, -0.1) is 0 Å². The van der Waals surface area contributed by atoms with E-state index in [4.69, 9.17) is 9.47 Å². The Morgan fingerprint density at radius 3 is 2.13 bits per heavy atom. The number of ketones is 1. The number of esters is 1. The van der Waals surface area contributed by atoms with Crippen LogP contribution in [0.5, 0.6) is 0 Å². The summed E-state index contributed by atoms with van der Waals surface area (Å²) in [4.78, 5) is 49.3. The lowest BCUT2D eigenvalue weighted by Crippen LogP contribution is -2.56. The number of rotatable bonds is 12. The van der Waals surface area contributed by atoms with Crippen molar-refractivity contribution in [1.82, 2.24) is 10.6 Å². The zero-order valence-corrected chi connectivity index (χ0v) is 18.7. The van der Waals surface area contributed by atoms with Gasteiger partial charge in [-0.3, -0.25) is 9.59 Å². The predicted molar refractivity (Wildman–Crippen MR) is 113 cm³/mol. The Kier molecular flexibility index (Phi) is 11.3. The van der Waals surface area contributed by atoms with Crippen LogP contribution in [0.15, 0.2) is 30.3 Å². The summed E-state index contributed by atoms with van der Waals surface area (Å²) in [6, 6.07) is 6.40. The molecule has 1 rings (SSSR count). The highest BCUT2D eigenvalue weighted by Crippen LogP contribution is 2.05. The van der Waals surface area contributed by atoms with Gasteiger partial charge < -0.3 is 24.8 Å². The number of benzene rings is 1. The lowest BCUT2D eigenvalue weighted by Gasteiger charge is -2.22. The fraction of sp³-hybridized carbons (Fsp3) is 0.545. The van der Waals surface area contributed by atoms with E-state index in [1.165, 1.54) is 0 Å². The Balaban J connectivity index is 2.83. The average Bonchev–Trinajstić information content (AvgIpc) is 2.74. The SMILES string of the molecule is COC(=O)C(NC(=O)[C@H](COCC(C)C)NC(=O)OCc1ccccc1)C(=O)C(C)C. The minimum absolute atomic E-state index is 0.0183. The fourth-order valence-electron chi connectivity index (χ4n) is 2.45. The highest BCUT2D eigenvalue weighted by molar-refractivity contribution is 6.07. The third-order valence-electron chi connectivity index (χ3n) is 4.13. The van der Waals surface area contributed by atoms with Gasteiger partial charge in [-0.1, -0.05) is 58.0 Å². The predicted octanol–water partition coefficient (Wildman–Crippen LogP) is 1.84. The third kappa shape index (κ3) is 9.61. The molecule has 0 aromatic heterocycles. The fourth-order valence-corrected chi connectivity index (χ4v) is 2.45. The van der Waals surface area contributed by atoms with E-state index in [0.29, 0.717) is 6.61 Å². The van der Waals surface area contributed by atoms with Gasteiger partial charge in [0.15, 0.2) is 11.8 Å². The maximum Gasteiger partial charge on any atom is 0.408 e. The number of ether oxygens (including phenoxy) is 3. The topological polar surface area (TPSA) is 120 Å². The van der Waals surface area contributed by atoms with Gasteiger partial charge in [0, 0.05) is 12.5 Å². The second-order valence-electron chi connectivity index (χ2n) is 7.71. The molecule has 1 unspecified atom stereocenters. The number of hydrogen-bond acceptors (Lipinski definition) is 7. The average molecular weight is 437 g/mol. The molecule has 1 aromatic rings. The van der Waals surface area contributed by atoms with Crippen LogP contribution in [0.2, 0.25) is 0 Å². The van der Waals surface area contributed by atoms with Crippen molar-refractivity contribution in [2.45, 2.75) is 46.4 Å². The van der Waals surface area contributed by atoms with Gasteiger partial charge in [0.25, 0.3) is 0 Å². The van der Waals surface area contributed by atoms with Crippen LogP contribution in [0.3, 0.4) is 0 Å². The molecule has 0 radical (unpaired) electrons. The summed E-state index contributed by atoms with van der Waals surface area (Å²) in [5, 5.41) is 4.78. The molecule has 0 bridgehead atoms. The Bertz CT molecular complexity index is 735. The zero-order chi connectivity index (χ0) is 23.4. The van der Waals surface area contributed by atoms with Gasteiger partial charge in [-0.25, -0.2) is 9.59 Å². The second kappa shape index (κ2) is 13.4. The van der Waals surface area contributed by atoms with Crippen molar-refractivity contribution in [1.29, 1.82) is 0 Å². The van der Waals surface area contributed by atoms with Crippen molar-refractivity contribution in [3.63, 3.8) is 0 Å². The first-order valence-electron chi connectivity index (χ1n) is 10.1. The van der Waals surface area contributed by atoms with Crippen molar-refractivity contribution >= 4 is 23.8 Å². The van der Waals surface area contributed by atoms with Crippen LogP contribution in [0.4, 0.5) is 4.79 Å². The third-order valence-corrected chi connectivity index (χ3v) is 4.13. The molecule has 2 N–H and O–H groups in total. The number of amides is 2. The van der Waals surface area contributed by atoms with Crippen LogP contribution < -0.4 is 10.6 Å². The van der Waals surface area contributed by atoms with E-state index in [2.05, 4.69) is 15.4 Å². The first-order valence-corrected chi connectivity index (χ1v) is 10.1. The van der Waals surface area contributed by atoms with Crippen LogP contribution in [0, 0.1) is 11.8 Å². The lowest BCUT2D eigenvalue weighted by molar-refractivity contribution is -0.149. The monoisotopic (exact) mass is 436 g/mol. The van der Waals surface area contributed by atoms with E-state index >= 15 is 0 Å².